The number of likely N-dealkylation sites (tertiary alicyclic amines) is 1. The summed E-state index contributed by atoms with van der Waals surface area (Å²) in [6.45, 7) is 6.57. The Morgan fingerprint density at radius 1 is 1.47 bits per heavy atom. The zero-order chi connectivity index (χ0) is 13.9. The minimum atomic E-state index is -3.30. The van der Waals surface area contributed by atoms with Crippen LogP contribution in [0.25, 0.3) is 0 Å². The van der Waals surface area contributed by atoms with Gasteiger partial charge in [0.15, 0.2) is 0 Å². The van der Waals surface area contributed by atoms with Gasteiger partial charge in [0.2, 0.25) is 0 Å². The number of esters is 1. The Morgan fingerprint density at radius 3 is 2.74 bits per heavy atom. The fourth-order valence-corrected chi connectivity index (χ4v) is 2.72. The van der Waals surface area contributed by atoms with Gasteiger partial charge in [-0.15, -0.1) is 0 Å². The molecular weight excluding hydrogens is 254 g/mol. The molecule has 2 saturated heterocycles. The van der Waals surface area contributed by atoms with Crippen LogP contribution < -0.4 is 5.32 Å². The minimum Gasteiger partial charge on any atom is -0.456 e. The number of rotatable bonds is 6. The molecule has 2 rings (SSSR count). The highest BCUT2D eigenvalue weighted by molar-refractivity contribution is 5.79. The molecule has 2 aliphatic rings. The maximum absolute atomic E-state index is 12.9. The van der Waals surface area contributed by atoms with E-state index < -0.39 is 24.4 Å². The first kappa shape index (κ1) is 14.7. The summed E-state index contributed by atoms with van der Waals surface area (Å²) in [4.78, 5) is 13.3. The van der Waals surface area contributed by atoms with Gasteiger partial charge >= 0.3 is 11.9 Å². The van der Waals surface area contributed by atoms with E-state index in [1.807, 2.05) is 0 Å². The van der Waals surface area contributed by atoms with Crippen LogP contribution in [0.4, 0.5) is 8.78 Å². The smallest absolute Gasteiger partial charge is 0.377 e. The summed E-state index contributed by atoms with van der Waals surface area (Å²) in [5, 5.41) is 3.12. The van der Waals surface area contributed by atoms with Crippen molar-refractivity contribution < 1.29 is 18.3 Å². The molecule has 2 aliphatic heterocycles. The van der Waals surface area contributed by atoms with Crippen molar-refractivity contribution in [2.45, 2.75) is 38.2 Å². The van der Waals surface area contributed by atoms with E-state index >= 15 is 0 Å². The van der Waals surface area contributed by atoms with Crippen LogP contribution in [-0.2, 0) is 9.53 Å². The Balaban J connectivity index is 1.60. The maximum Gasteiger partial charge on any atom is 0.377 e. The van der Waals surface area contributed by atoms with Gasteiger partial charge in [0, 0.05) is 13.1 Å². The van der Waals surface area contributed by atoms with E-state index in [0.29, 0.717) is 12.5 Å². The molecule has 0 radical (unpaired) electrons. The second-order valence-corrected chi connectivity index (χ2v) is 5.71. The van der Waals surface area contributed by atoms with Gasteiger partial charge in [-0.25, -0.2) is 4.79 Å². The Hall–Kier alpha value is -0.750. The lowest BCUT2D eigenvalue weighted by Gasteiger charge is -2.21. The van der Waals surface area contributed by atoms with Crippen molar-refractivity contribution in [3.63, 3.8) is 0 Å². The monoisotopic (exact) mass is 276 g/mol. The molecule has 0 saturated carbocycles. The fourth-order valence-electron chi connectivity index (χ4n) is 2.72. The molecule has 0 spiro atoms. The van der Waals surface area contributed by atoms with Gasteiger partial charge in [0.25, 0.3) is 0 Å². The van der Waals surface area contributed by atoms with Crippen molar-refractivity contribution in [1.82, 2.24) is 10.2 Å². The SMILES string of the molecule is CC(CNCC1CC(F)(F)C(=O)O1)CN1CCCC1. The number of hydrogen-bond donors (Lipinski definition) is 1. The summed E-state index contributed by atoms with van der Waals surface area (Å²) < 4.78 is 30.5. The molecule has 0 amide bonds. The van der Waals surface area contributed by atoms with Crippen LogP contribution in [0.5, 0.6) is 0 Å². The highest BCUT2D eigenvalue weighted by Gasteiger charge is 2.50. The van der Waals surface area contributed by atoms with E-state index in [2.05, 4.69) is 21.9 Å². The molecule has 0 aromatic heterocycles. The highest BCUT2D eigenvalue weighted by atomic mass is 19.3. The van der Waals surface area contributed by atoms with Crippen LogP contribution in [0.15, 0.2) is 0 Å². The molecule has 2 fully saturated rings. The molecule has 2 heterocycles. The van der Waals surface area contributed by atoms with Gasteiger partial charge in [0.1, 0.15) is 6.10 Å². The first-order chi connectivity index (χ1) is 8.97. The minimum absolute atomic E-state index is 0.311. The van der Waals surface area contributed by atoms with Crippen molar-refractivity contribution in [3.05, 3.63) is 0 Å². The van der Waals surface area contributed by atoms with Crippen molar-refractivity contribution >= 4 is 5.97 Å². The van der Waals surface area contributed by atoms with Gasteiger partial charge in [0.05, 0.1) is 6.42 Å². The first-order valence-corrected chi connectivity index (χ1v) is 6.99. The largest absolute Gasteiger partial charge is 0.456 e. The topological polar surface area (TPSA) is 41.6 Å². The molecular formula is C13H22F2N2O2. The van der Waals surface area contributed by atoms with E-state index in [-0.39, 0.29) is 0 Å². The number of carbonyl (C=O) groups excluding carboxylic acids is 1. The zero-order valence-corrected chi connectivity index (χ0v) is 11.3. The van der Waals surface area contributed by atoms with E-state index in [4.69, 9.17) is 0 Å². The van der Waals surface area contributed by atoms with Crippen molar-refractivity contribution in [1.29, 1.82) is 0 Å². The van der Waals surface area contributed by atoms with Gasteiger partial charge in [-0.2, -0.15) is 8.78 Å². The second-order valence-electron chi connectivity index (χ2n) is 5.71. The summed E-state index contributed by atoms with van der Waals surface area (Å²) in [5.74, 6) is -4.21. The third-order valence-electron chi connectivity index (χ3n) is 3.69. The number of carbonyl (C=O) groups is 1. The fraction of sp³-hybridized carbons (Fsp3) is 0.923. The van der Waals surface area contributed by atoms with Crippen LogP contribution in [0.1, 0.15) is 26.2 Å². The van der Waals surface area contributed by atoms with Crippen LogP contribution in [-0.4, -0.2) is 55.6 Å². The van der Waals surface area contributed by atoms with Crippen LogP contribution in [0.2, 0.25) is 0 Å². The lowest BCUT2D eigenvalue weighted by atomic mass is 10.1. The van der Waals surface area contributed by atoms with Gasteiger partial charge in [-0.05, 0) is 38.4 Å². The summed E-state index contributed by atoms with van der Waals surface area (Å²) in [7, 11) is 0. The number of halogens is 2. The molecule has 0 aromatic rings. The molecule has 0 bridgehead atoms. The Kier molecular flexibility index (Phi) is 4.73. The summed E-state index contributed by atoms with van der Waals surface area (Å²) in [5.41, 5.74) is 0. The lowest BCUT2D eigenvalue weighted by Crippen LogP contribution is -2.35. The molecule has 0 aliphatic carbocycles. The number of nitrogens with zero attached hydrogens (tertiary/aromatic N) is 1. The number of nitrogens with one attached hydrogen (secondary N) is 1. The zero-order valence-electron chi connectivity index (χ0n) is 11.3. The third-order valence-corrected chi connectivity index (χ3v) is 3.69. The quantitative estimate of drug-likeness (QED) is 0.742. The average Bonchev–Trinajstić information content (AvgIpc) is 2.88. The van der Waals surface area contributed by atoms with E-state index in [9.17, 15) is 13.6 Å². The van der Waals surface area contributed by atoms with Crippen molar-refractivity contribution in [3.8, 4) is 0 Å². The number of alkyl halides is 2. The molecule has 0 aromatic carbocycles. The lowest BCUT2D eigenvalue weighted by molar-refractivity contribution is -0.159. The molecule has 19 heavy (non-hydrogen) atoms. The Morgan fingerprint density at radius 2 is 2.16 bits per heavy atom. The molecule has 4 nitrogen and oxygen atoms in total. The second kappa shape index (κ2) is 6.13. The van der Waals surface area contributed by atoms with Crippen molar-refractivity contribution in [2.24, 2.45) is 5.92 Å². The van der Waals surface area contributed by atoms with Crippen LogP contribution in [0, 0.1) is 5.92 Å². The predicted molar refractivity (Wildman–Crippen MR) is 67.2 cm³/mol. The first-order valence-electron chi connectivity index (χ1n) is 6.99. The molecule has 2 unspecified atom stereocenters. The van der Waals surface area contributed by atoms with Crippen LogP contribution in [0.3, 0.4) is 0 Å². The average molecular weight is 276 g/mol. The summed E-state index contributed by atoms with van der Waals surface area (Å²) in [6.07, 6.45) is 1.35. The maximum atomic E-state index is 12.9. The number of hydrogen-bond acceptors (Lipinski definition) is 4. The third kappa shape index (κ3) is 4.11. The van der Waals surface area contributed by atoms with Crippen molar-refractivity contribution in [2.75, 3.05) is 32.7 Å². The highest BCUT2D eigenvalue weighted by Crippen LogP contribution is 2.30. The predicted octanol–water partition coefficient (Wildman–Crippen LogP) is 1.26. The van der Waals surface area contributed by atoms with Crippen LogP contribution >= 0.6 is 0 Å². The van der Waals surface area contributed by atoms with E-state index in [1.165, 1.54) is 12.8 Å². The normalized spacial score (nSPS) is 28.6. The molecule has 110 valence electrons. The summed E-state index contributed by atoms with van der Waals surface area (Å²) in [6, 6.07) is 0. The molecule has 6 heteroatoms. The van der Waals surface area contributed by atoms with Gasteiger partial charge in [-0.3, -0.25) is 0 Å². The number of ether oxygens (including phenoxy) is 1. The Bertz CT molecular complexity index is 320. The van der Waals surface area contributed by atoms with Gasteiger partial charge in [-0.1, -0.05) is 6.92 Å². The molecule has 1 N–H and O–H groups in total. The standard InChI is InChI=1S/C13H22F2N2O2/c1-10(9-17-4-2-3-5-17)7-16-8-11-6-13(14,15)12(18)19-11/h10-11,16H,2-9H2,1H3. The van der Waals surface area contributed by atoms with E-state index in [0.717, 1.165) is 26.2 Å². The van der Waals surface area contributed by atoms with E-state index in [1.54, 1.807) is 0 Å². The van der Waals surface area contributed by atoms with Gasteiger partial charge < -0.3 is 15.0 Å². The molecule has 2 atom stereocenters. The Labute approximate surface area is 112 Å². The number of cyclic esters (lactones) is 1. The summed E-state index contributed by atoms with van der Waals surface area (Å²) >= 11 is 0.